The van der Waals surface area contributed by atoms with Gasteiger partial charge in [-0.15, -0.1) is 11.3 Å². The van der Waals surface area contributed by atoms with Gasteiger partial charge in [0.25, 0.3) is 0 Å². The summed E-state index contributed by atoms with van der Waals surface area (Å²) in [5.41, 5.74) is 2.10. The van der Waals surface area contributed by atoms with E-state index < -0.39 is 0 Å². The van der Waals surface area contributed by atoms with E-state index in [2.05, 4.69) is 10.3 Å². The smallest absolute Gasteiger partial charge is 0.226 e. The van der Waals surface area contributed by atoms with Crippen LogP contribution in [0.25, 0.3) is 0 Å². The molecule has 0 saturated heterocycles. The molecule has 0 aliphatic carbocycles. The summed E-state index contributed by atoms with van der Waals surface area (Å²) in [4.78, 5) is 15.9. The number of nitrogens with zero attached hydrogens (tertiary/aromatic N) is 2. The van der Waals surface area contributed by atoms with E-state index in [4.69, 9.17) is 0 Å². The number of anilines is 1. The molecule has 0 bridgehead atoms. The van der Waals surface area contributed by atoms with Crippen molar-refractivity contribution >= 4 is 22.4 Å². The maximum absolute atomic E-state index is 11.7. The number of thiazole rings is 1. The minimum Gasteiger partial charge on any atom is -0.354 e. The molecule has 17 heavy (non-hydrogen) atoms. The van der Waals surface area contributed by atoms with E-state index in [1.54, 1.807) is 0 Å². The fourth-order valence-corrected chi connectivity index (χ4v) is 2.30. The summed E-state index contributed by atoms with van der Waals surface area (Å²) in [6.07, 6.45) is 3.22. The number of carbonyl (C=O) groups is 1. The number of carbonyl (C=O) groups excluding carboxylic acids is 1. The van der Waals surface area contributed by atoms with Crippen molar-refractivity contribution < 1.29 is 4.79 Å². The molecule has 0 radical (unpaired) electrons. The van der Waals surface area contributed by atoms with Gasteiger partial charge in [0.15, 0.2) is 5.13 Å². The maximum atomic E-state index is 11.7. The van der Waals surface area contributed by atoms with Crippen molar-refractivity contribution in [2.45, 2.75) is 19.8 Å². The van der Waals surface area contributed by atoms with Crippen molar-refractivity contribution in [3.05, 3.63) is 35.1 Å². The first-order valence-corrected chi connectivity index (χ1v) is 6.35. The molecule has 2 heterocycles. The average Bonchev–Trinajstić information content (AvgIpc) is 2.85. The van der Waals surface area contributed by atoms with Crippen LogP contribution >= 0.6 is 11.3 Å². The highest BCUT2D eigenvalue weighted by atomic mass is 32.1. The van der Waals surface area contributed by atoms with Crippen LogP contribution in [0.3, 0.4) is 0 Å². The zero-order valence-electron chi connectivity index (χ0n) is 9.93. The van der Waals surface area contributed by atoms with Gasteiger partial charge in [0.2, 0.25) is 5.91 Å². The molecule has 4 nitrogen and oxygen atoms in total. The Labute approximate surface area is 104 Å². The first-order chi connectivity index (χ1) is 8.15. The van der Waals surface area contributed by atoms with Gasteiger partial charge in [-0.1, -0.05) is 0 Å². The van der Waals surface area contributed by atoms with Crippen LogP contribution in [0.5, 0.6) is 0 Å². The number of aryl methyl sites for hydroxylation is 3. The number of hydrogen-bond donors (Lipinski definition) is 1. The first-order valence-electron chi connectivity index (χ1n) is 5.47. The van der Waals surface area contributed by atoms with Crippen LogP contribution in [0, 0.1) is 6.92 Å². The largest absolute Gasteiger partial charge is 0.354 e. The molecular weight excluding hydrogens is 234 g/mol. The van der Waals surface area contributed by atoms with Gasteiger partial charge < -0.3 is 9.88 Å². The Bertz CT molecular complexity index is 515. The second-order valence-electron chi connectivity index (χ2n) is 3.95. The Kier molecular flexibility index (Phi) is 3.58. The van der Waals surface area contributed by atoms with E-state index in [0.717, 1.165) is 17.8 Å². The summed E-state index contributed by atoms with van der Waals surface area (Å²) in [6, 6.07) is 4.01. The highest BCUT2D eigenvalue weighted by molar-refractivity contribution is 7.13. The fraction of sp³-hybridized carbons (Fsp3) is 0.333. The van der Waals surface area contributed by atoms with Crippen molar-refractivity contribution in [1.29, 1.82) is 0 Å². The van der Waals surface area contributed by atoms with Crippen molar-refractivity contribution in [3.63, 3.8) is 0 Å². The van der Waals surface area contributed by atoms with E-state index in [1.165, 1.54) is 11.3 Å². The SMILES string of the molecule is Cc1csc(NC(=O)CCc2cccn2C)n1. The molecule has 0 fully saturated rings. The highest BCUT2D eigenvalue weighted by Gasteiger charge is 2.06. The van der Waals surface area contributed by atoms with Gasteiger partial charge in [-0.2, -0.15) is 0 Å². The Balaban J connectivity index is 1.84. The molecule has 1 N–H and O–H groups in total. The normalized spacial score (nSPS) is 10.5. The monoisotopic (exact) mass is 249 g/mol. The summed E-state index contributed by atoms with van der Waals surface area (Å²) in [6.45, 7) is 1.91. The van der Waals surface area contributed by atoms with Crippen molar-refractivity contribution in [2.75, 3.05) is 5.32 Å². The molecule has 2 rings (SSSR count). The molecular formula is C12H15N3OS. The summed E-state index contributed by atoms with van der Waals surface area (Å²) in [5, 5.41) is 5.41. The van der Waals surface area contributed by atoms with Crippen LogP contribution in [-0.4, -0.2) is 15.5 Å². The zero-order chi connectivity index (χ0) is 12.3. The van der Waals surface area contributed by atoms with E-state index in [-0.39, 0.29) is 5.91 Å². The highest BCUT2D eigenvalue weighted by Crippen LogP contribution is 2.14. The molecule has 0 aromatic carbocycles. The number of amides is 1. The molecule has 5 heteroatoms. The molecule has 0 atom stereocenters. The van der Waals surface area contributed by atoms with Crippen LogP contribution in [0.15, 0.2) is 23.7 Å². The van der Waals surface area contributed by atoms with Crippen LogP contribution in [0.1, 0.15) is 17.8 Å². The predicted molar refractivity (Wildman–Crippen MR) is 69.2 cm³/mol. The maximum Gasteiger partial charge on any atom is 0.226 e. The molecule has 0 saturated carbocycles. The van der Waals surface area contributed by atoms with E-state index in [1.807, 2.05) is 42.2 Å². The van der Waals surface area contributed by atoms with Gasteiger partial charge in [0.1, 0.15) is 0 Å². The summed E-state index contributed by atoms with van der Waals surface area (Å²) < 4.78 is 2.03. The van der Waals surface area contributed by atoms with E-state index in [9.17, 15) is 4.79 Å². The van der Waals surface area contributed by atoms with Gasteiger partial charge in [0.05, 0.1) is 5.69 Å². The third kappa shape index (κ3) is 3.17. The minimum atomic E-state index is 0.0144. The lowest BCUT2D eigenvalue weighted by molar-refractivity contribution is -0.116. The summed E-state index contributed by atoms with van der Waals surface area (Å²) in [5.74, 6) is 0.0144. The number of hydrogen-bond acceptors (Lipinski definition) is 3. The minimum absolute atomic E-state index is 0.0144. The zero-order valence-corrected chi connectivity index (χ0v) is 10.8. The van der Waals surface area contributed by atoms with Crippen molar-refractivity contribution in [1.82, 2.24) is 9.55 Å². The van der Waals surface area contributed by atoms with Gasteiger partial charge in [-0.25, -0.2) is 4.98 Å². The van der Waals surface area contributed by atoms with Crippen LogP contribution in [0.4, 0.5) is 5.13 Å². The third-order valence-corrected chi connectivity index (χ3v) is 3.40. The van der Waals surface area contributed by atoms with Crippen molar-refractivity contribution in [2.24, 2.45) is 7.05 Å². The molecule has 0 aliphatic heterocycles. The van der Waals surface area contributed by atoms with Gasteiger partial charge >= 0.3 is 0 Å². The molecule has 1 amide bonds. The number of aromatic nitrogens is 2. The molecule has 2 aromatic heterocycles. The molecule has 0 unspecified atom stereocenters. The molecule has 0 aliphatic rings. The van der Waals surface area contributed by atoms with Crippen LogP contribution in [-0.2, 0) is 18.3 Å². The van der Waals surface area contributed by atoms with Crippen molar-refractivity contribution in [3.8, 4) is 0 Å². The van der Waals surface area contributed by atoms with Crippen LogP contribution in [0.2, 0.25) is 0 Å². The van der Waals surface area contributed by atoms with Gasteiger partial charge in [-0.05, 0) is 25.5 Å². The average molecular weight is 249 g/mol. The molecule has 0 spiro atoms. The predicted octanol–water partition coefficient (Wildman–Crippen LogP) is 2.36. The standard InChI is InChI=1S/C12H15N3OS/c1-9-8-17-12(13-9)14-11(16)6-5-10-4-3-7-15(10)2/h3-4,7-8H,5-6H2,1-2H3,(H,13,14,16). The summed E-state index contributed by atoms with van der Waals surface area (Å²) in [7, 11) is 1.98. The lowest BCUT2D eigenvalue weighted by atomic mass is 10.2. The van der Waals surface area contributed by atoms with Gasteiger partial charge in [0, 0.05) is 30.7 Å². The Morgan fingerprint density at radius 2 is 2.41 bits per heavy atom. The number of nitrogens with one attached hydrogen (secondary N) is 1. The second kappa shape index (κ2) is 5.14. The Morgan fingerprint density at radius 3 is 3.00 bits per heavy atom. The number of rotatable bonds is 4. The second-order valence-corrected chi connectivity index (χ2v) is 4.81. The molecule has 90 valence electrons. The third-order valence-electron chi connectivity index (χ3n) is 2.52. The van der Waals surface area contributed by atoms with E-state index in [0.29, 0.717) is 11.6 Å². The summed E-state index contributed by atoms with van der Waals surface area (Å²) >= 11 is 1.46. The Morgan fingerprint density at radius 1 is 1.59 bits per heavy atom. The topological polar surface area (TPSA) is 46.9 Å². The van der Waals surface area contributed by atoms with Gasteiger partial charge in [-0.3, -0.25) is 4.79 Å². The first kappa shape index (κ1) is 11.9. The fourth-order valence-electron chi connectivity index (χ4n) is 1.59. The Hall–Kier alpha value is -1.62. The lowest BCUT2D eigenvalue weighted by Crippen LogP contribution is -2.12. The molecule has 2 aromatic rings. The van der Waals surface area contributed by atoms with Crippen LogP contribution < -0.4 is 5.32 Å². The van der Waals surface area contributed by atoms with E-state index >= 15 is 0 Å². The lowest BCUT2D eigenvalue weighted by Gasteiger charge is -2.03. The quantitative estimate of drug-likeness (QED) is 0.904.